The topological polar surface area (TPSA) is 0 Å². The molecule has 0 spiro atoms. The summed E-state index contributed by atoms with van der Waals surface area (Å²) in [7, 11) is 0. The molecule has 15 heavy (non-hydrogen) atoms. The van der Waals surface area contributed by atoms with Gasteiger partial charge in [-0.3, -0.25) is 0 Å². The number of allylic oxidation sites excluding steroid dienone is 1. The van der Waals surface area contributed by atoms with Crippen LogP contribution in [-0.4, -0.2) is 0 Å². The smallest absolute Gasteiger partial charge is 0.142 e. The minimum Gasteiger partial charge on any atom is -0.205 e. The highest BCUT2D eigenvalue weighted by Crippen LogP contribution is 2.13. The van der Waals surface area contributed by atoms with Gasteiger partial charge in [-0.15, -0.1) is 0 Å². The van der Waals surface area contributed by atoms with Gasteiger partial charge in [0.15, 0.2) is 0 Å². The lowest BCUT2D eigenvalue weighted by molar-refractivity contribution is 0.626. The Balaban J connectivity index is 3.82. The summed E-state index contributed by atoms with van der Waals surface area (Å²) in [4.78, 5) is 0. The second kappa shape index (κ2) is 4.63. The SMILES string of the molecule is C=C/C(=c1/c(Cl)c(F)ccc1=C)C(C)C. The Morgan fingerprint density at radius 1 is 1.47 bits per heavy atom. The van der Waals surface area contributed by atoms with Crippen molar-refractivity contribution in [1.82, 2.24) is 0 Å². The third kappa shape index (κ3) is 2.29. The molecule has 1 aromatic rings. The van der Waals surface area contributed by atoms with Crippen LogP contribution in [0.25, 0.3) is 12.2 Å². The van der Waals surface area contributed by atoms with Crippen molar-refractivity contribution in [3.8, 4) is 0 Å². The molecule has 2 heteroatoms. The van der Waals surface area contributed by atoms with Gasteiger partial charge >= 0.3 is 0 Å². The summed E-state index contributed by atoms with van der Waals surface area (Å²) < 4.78 is 13.3. The number of rotatable bonds is 2. The van der Waals surface area contributed by atoms with Crippen molar-refractivity contribution in [1.29, 1.82) is 0 Å². The fraction of sp³-hybridized carbons (Fsp3) is 0.231. The van der Waals surface area contributed by atoms with Gasteiger partial charge in [0.2, 0.25) is 0 Å². The maximum absolute atomic E-state index is 13.3. The van der Waals surface area contributed by atoms with Gasteiger partial charge < -0.3 is 0 Å². The molecule has 0 nitrogen and oxygen atoms in total. The van der Waals surface area contributed by atoms with E-state index in [4.69, 9.17) is 11.6 Å². The molecule has 0 saturated carbocycles. The maximum atomic E-state index is 13.3. The molecule has 0 bridgehead atoms. The molecule has 0 aliphatic heterocycles. The second-order valence-electron chi connectivity index (χ2n) is 3.71. The van der Waals surface area contributed by atoms with Crippen LogP contribution in [-0.2, 0) is 0 Å². The van der Waals surface area contributed by atoms with E-state index in [0.29, 0.717) is 5.22 Å². The standard InChI is InChI=1S/C13H14ClF/c1-5-10(8(2)3)12-9(4)6-7-11(15)13(12)14/h5-8H,1,4H2,2-3H3/b12-10-. The third-order valence-corrected chi connectivity index (χ3v) is 2.68. The van der Waals surface area contributed by atoms with Crippen molar-refractivity contribution in [3.05, 3.63) is 46.1 Å². The fourth-order valence-electron chi connectivity index (χ4n) is 1.53. The molecule has 1 rings (SSSR count). The molecule has 0 fully saturated rings. The first kappa shape index (κ1) is 12.0. The van der Waals surface area contributed by atoms with Crippen LogP contribution in [0.1, 0.15) is 13.8 Å². The first-order valence-corrected chi connectivity index (χ1v) is 5.16. The average Bonchev–Trinajstić information content (AvgIpc) is 2.18. The summed E-state index contributed by atoms with van der Waals surface area (Å²) in [6.07, 6.45) is 1.71. The molecule has 0 saturated heterocycles. The fourth-order valence-corrected chi connectivity index (χ4v) is 1.82. The summed E-state index contributed by atoms with van der Waals surface area (Å²) >= 11 is 5.93. The summed E-state index contributed by atoms with van der Waals surface area (Å²) in [5, 5.41) is 1.53. The van der Waals surface area contributed by atoms with Crippen molar-refractivity contribution in [2.24, 2.45) is 5.92 Å². The van der Waals surface area contributed by atoms with Gasteiger partial charge in [0.1, 0.15) is 5.82 Å². The van der Waals surface area contributed by atoms with E-state index in [9.17, 15) is 4.39 Å². The lowest BCUT2D eigenvalue weighted by Crippen LogP contribution is -2.28. The maximum Gasteiger partial charge on any atom is 0.142 e. The van der Waals surface area contributed by atoms with Crippen LogP contribution in [0.15, 0.2) is 24.8 Å². The zero-order chi connectivity index (χ0) is 11.6. The molecule has 0 atom stereocenters. The normalized spacial score (nSPS) is 12.9. The molecule has 0 heterocycles. The predicted molar refractivity (Wildman–Crippen MR) is 64.6 cm³/mol. The van der Waals surface area contributed by atoms with Crippen LogP contribution in [0.5, 0.6) is 0 Å². The van der Waals surface area contributed by atoms with Gasteiger partial charge in [0.05, 0.1) is 5.02 Å². The van der Waals surface area contributed by atoms with E-state index < -0.39 is 5.82 Å². The van der Waals surface area contributed by atoms with E-state index in [1.54, 1.807) is 12.1 Å². The Bertz CT molecular complexity index is 486. The lowest BCUT2D eigenvalue weighted by atomic mass is 9.99. The Kier molecular flexibility index (Phi) is 3.70. The van der Waals surface area contributed by atoms with Crippen molar-refractivity contribution in [3.63, 3.8) is 0 Å². The number of benzene rings is 1. The highest BCUT2D eigenvalue weighted by molar-refractivity contribution is 6.31. The third-order valence-electron chi connectivity index (χ3n) is 2.31. The molecule has 0 radical (unpaired) electrons. The van der Waals surface area contributed by atoms with Crippen molar-refractivity contribution in [2.45, 2.75) is 13.8 Å². The highest BCUT2D eigenvalue weighted by atomic mass is 35.5. The number of hydrogen-bond acceptors (Lipinski definition) is 0. The van der Waals surface area contributed by atoms with Crippen LogP contribution in [0.2, 0.25) is 5.02 Å². The monoisotopic (exact) mass is 224 g/mol. The Morgan fingerprint density at radius 3 is 2.53 bits per heavy atom. The predicted octanol–water partition coefficient (Wildman–Crippen LogP) is 2.88. The van der Waals surface area contributed by atoms with E-state index in [-0.39, 0.29) is 10.9 Å². The van der Waals surface area contributed by atoms with Crippen molar-refractivity contribution < 1.29 is 4.39 Å². The molecule has 0 aliphatic rings. The minimum absolute atomic E-state index is 0.131. The molecule has 0 aliphatic carbocycles. The second-order valence-corrected chi connectivity index (χ2v) is 4.09. The van der Waals surface area contributed by atoms with E-state index in [1.807, 2.05) is 13.8 Å². The Hall–Kier alpha value is -1.08. The van der Waals surface area contributed by atoms with Gasteiger partial charge in [-0.05, 0) is 22.8 Å². The molecular weight excluding hydrogens is 211 g/mol. The largest absolute Gasteiger partial charge is 0.205 e. The summed E-state index contributed by atoms with van der Waals surface area (Å²) in [5.74, 6) is -0.179. The molecule has 80 valence electrons. The zero-order valence-electron chi connectivity index (χ0n) is 8.98. The van der Waals surface area contributed by atoms with Crippen molar-refractivity contribution >= 4 is 23.8 Å². The van der Waals surface area contributed by atoms with Crippen LogP contribution >= 0.6 is 11.6 Å². The lowest BCUT2D eigenvalue weighted by Gasteiger charge is -2.08. The Labute approximate surface area is 94.4 Å². The van der Waals surface area contributed by atoms with Crippen LogP contribution < -0.4 is 10.4 Å². The van der Waals surface area contributed by atoms with Crippen molar-refractivity contribution in [2.75, 3.05) is 0 Å². The molecule has 0 aromatic heterocycles. The Morgan fingerprint density at radius 2 is 2.07 bits per heavy atom. The van der Waals surface area contributed by atoms with Gasteiger partial charge in [-0.2, -0.15) is 0 Å². The van der Waals surface area contributed by atoms with Gasteiger partial charge in [-0.1, -0.05) is 50.7 Å². The molecule has 0 amide bonds. The molecular formula is C13H14ClF. The number of halogens is 2. The summed E-state index contributed by atoms with van der Waals surface area (Å²) in [6.45, 7) is 11.6. The van der Waals surface area contributed by atoms with E-state index in [1.165, 1.54) is 6.07 Å². The van der Waals surface area contributed by atoms with Gasteiger partial charge in [0, 0.05) is 5.22 Å². The van der Waals surface area contributed by atoms with Crippen LogP contribution in [0, 0.1) is 11.7 Å². The van der Waals surface area contributed by atoms with Crippen LogP contribution in [0.3, 0.4) is 0 Å². The van der Waals surface area contributed by atoms with Gasteiger partial charge in [-0.25, -0.2) is 4.39 Å². The molecule has 1 aromatic carbocycles. The first-order chi connectivity index (χ1) is 6.99. The van der Waals surface area contributed by atoms with E-state index >= 15 is 0 Å². The minimum atomic E-state index is -0.418. The van der Waals surface area contributed by atoms with E-state index in [0.717, 1.165) is 10.8 Å². The summed E-state index contributed by atoms with van der Waals surface area (Å²) in [5.41, 5.74) is 0.921. The van der Waals surface area contributed by atoms with Crippen LogP contribution in [0.4, 0.5) is 4.39 Å². The molecule has 0 N–H and O–H groups in total. The van der Waals surface area contributed by atoms with Gasteiger partial charge in [0.25, 0.3) is 0 Å². The first-order valence-electron chi connectivity index (χ1n) is 4.78. The number of hydrogen-bond donors (Lipinski definition) is 0. The highest BCUT2D eigenvalue weighted by Gasteiger charge is 2.07. The quantitative estimate of drug-likeness (QED) is 0.725. The summed E-state index contributed by atoms with van der Waals surface area (Å²) in [6, 6.07) is 2.96. The zero-order valence-corrected chi connectivity index (χ0v) is 9.74. The average molecular weight is 225 g/mol. The molecule has 0 unspecified atom stereocenters. The van der Waals surface area contributed by atoms with E-state index in [2.05, 4.69) is 13.2 Å².